The van der Waals surface area contributed by atoms with E-state index in [9.17, 15) is 0 Å². The van der Waals surface area contributed by atoms with Crippen LogP contribution in [0, 0.1) is 0 Å². The predicted molar refractivity (Wildman–Crippen MR) is 155 cm³/mol. The van der Waals surface area contributed by atoms with Gasteiger partial charge in [0.1, 0.15) is 0 Å². The molecule has 0 amide bonds. The second-order valence-electron chi connectivity index (χ2n) is 8.55. The van der Waals surface area contributed by atoms with E-state index in [0.29, 0.717) is 5.25 Å². The van der Waals surface area contributed by atoms with Crippen LogP contribution < -0.4 is 0 Å². The number of allylic oxidation sites excluding steroid dienone is 1. The first-order valence-corrected chi connectivity index (χ1v) is 14.9. The fourth-order valence-corrected chi connectivity index (χ4v) is 8.14. The predicted octanol–water partition coefficient (Wildman–Crippen LogP) is 10.9. The Morgan fingerprint density at radius 1 is 0.559 bits per heavy atom. The van der Waals surface area contributed by atoms with Gasteiger partial charge in [-0.05, 0) is 115 Å². The van der Waals surface area contributed by atoms with Crippen molar-refractivity contribution in [3.05, 3.63) is 106 Å². The van der Waals surface area contributed by atoms with E-state index in [4.69, 9.17) is 0 Å². The summed E-state index contributed by atoms with van der Waals surface area (Å²) in [6, 6.07) is 27.6. The van der Waals surface area contributed by atoms with Crippen molar-refractivity contribution in [2.24, 2.45) is 0 Å². The first kappa shape index (κ1) is 20.7. The summed E-state index contributed by atoms with van der Waals surface area (Å²) in [5, 5.41) is 14.5. The summed E-state index contributed by atoms with van der Waals surface area (Å²) in [6.45, 7) is 0. The zero-order chi connectivity index (χ0) is 22.5. The van der Waals surface area contributed by atoms with Crippen molar-refractivity contribution in [2.45, 2.75) is 11.7 Å². The first-order valence-electron chi connectivity index (χ1n) is 11.3. The summed E-state index contributed by atoms with van der Waals surface area (Å²) in [4.78, 5) is 4.01. The molecule has 0 bridgehead atoms. The molecule has 0 fully saturated rings. The summed E-state index contributed by atoms with van der Waals surface area (Å²) in [5.74, 6) is 0. The number of fused-ring (bicyclic) bond motifs is 2. The van der Waals surface area contributed by atoms with Crippen LogP contribution in [-0.4, -0.2) is 0 Å². The third kappa shape index (κ3) is 3.57. The van der Waals surface area contributed by atoms with Crippen molar-refractivity contribution >= 4 is 67.3 Å². The molecule has 1 aliphatic rings. The molecule has 0 aliphatic carbocycles. The minimum absolute atomic E-state index is 0.500. The second-order valence-corrected chi connectivity index (χ2v) is 12.5. The summed E-state index contributed by atoms with van der Waals surface area (Å²) in [6.07, 6.45) is 3.41. The van der Waals surface area contributed by atoms with Gasteiger partial charge in [0, 0.05) is 31.0 Å². The minimum atomic E-state index is 0.500. The number of benzene rings is 3. The Labute approximate surface area is 215 Å². The largest absolute Gasteiger partial charge is 0.144 e. The molecular formula is C30H20S4. The second kappa shape index (κ2) is 8.54. The summed E-state index contributed by atoms with van der Waals surface area (Å²) in [7, 11) is 0. The molecule has 0 N–H and O–H groups in total. The van der Waals surface area contributed by atoms with Crippen molar-refractivity contribution < 1.29 is 0 Å². The topological polar surface area (TPSA) is 0 Å². The molecule has 3 aromatic heterocycles. The molecule has 0 radical (unpaired) electrons. The molecule has 1 aliphatic heterocycles. The lowest BCUT2D eigenvalue weighted by Crippen LogP contribution is -1.94. The number of thiophene rings is 3. The third-order valence-corrected chi connectivity index (χ3v) is 10.3. The molecule has 1 unspecified atom stereocenters. The van der Waals surface area contributed by atoms with Crippen molar-refractivity contribution in [1.29, 1.82) is 0 Å². The minimum Gasteiger partial charge on any atom is -0.144 e. The Bertz CT molecular complexity index is 1630. The molecule has 3 aromatic carbocycles. The molecule has 6 aromatic rings. The number of hydrogen-bond acceptors (Lipinski definition) is 4. The molecule has 0 nitrogen and oxygen atoms in total. The number of thioether (sulfide) groups is 1. The zero-order valence-corrected chi connectivity index (χ0v) is 21.5. The maximum absolute atomic E-state index is 2.45. The Balaban J connectivity index is 1.48. The van der Waals surface area contributed by atoms with Gasteiger partial charge in [0.15, 0.2) is 0 Å². The van der Waals surface area contributed by atoms with Crippen LogP contribution >= 0.6 is 45.8 Å². The van der Waals surface area contributed by atoms with E-state index >= 15 is 0 Å². The normalized spacial score (nSPS) is 15.6. The van der Waals surface area contributed by atoms with Crippen molar-refractivity contribution in [2.75, 3.05) is 0 Å². The molecule has 34 heavy (non-hydrogen) atoms. The van der Waals surface area contributed by atoms with Crippen molar-refractivity contribution in [1.82, 2.24) is 0 Å². The van der Waals surface area contributed by atoms with E-state index in [1.807, 2.05) is 45.8 Å². The Hall–Kier alpha value is -2.63. The quantitative estimate of drug-likeness (QED) is 0.213. The average molecular weight is 509 g/mol. The van der Waals surface area contributed by atoms with E-state index in [2.05, 4.69) is 100 Å². The van der Waals surface area contributed by atoms with Gasteiger partial charge >= 0.3 is 0 Å². The standard InChI is InChI=1S/C30H20S4/c1-5-27(31-9-1)23-15-19-13-21-17-25(29-7-3-11-33-29)26(30-8-4-12-34-30)18-22(21)14-20(19)16-24(23)28-6-2-10-32-28/h1-7,9-18,30H,8H2. The van der Waals surface area contributed by atoms with Gasteiger partial charge in [0.25, 0.3) is 0 Å². The van der Waals surface area contributed by atoms with Gasteiger partial charge in [-0.2, -0.15) is 0 Å². The van der Waals surface area contributed by atoms with Crippen LogP contribution in [0.3, 0.4) is 0 Å². The molecular weight excluding hydrogens is 489 g/mol. The van der Waals surface area contributed by atoms with Gasteiger partial charge in [-0.25, -0.2) is 0 Å². The highest BCUT2D eigenvalue weighted by Gasteiger charge is 2.20. The fraction of sp³-hybridized carbons (Fsp3) is 0.0667. The number of rotatable bonds is 4. The maximum Gasteiger partial charge on any atom is 0.0379 e. The van der Waals surface area contributed by atoms with Gasteiger partial charge in [-0.1, -0.05) is 24.3 Å². The van der Waals surface area contributed by atoms with Crippen molar-refractivity contribution in [3.8, 4) is 31.3 Å². The van der Waals surface area contributed by atoms with E-state index in [1.54, 1.807) is 0 Å². The van der Waals surface area contributed by atoms with Gasteiger partial charge in [-0.3, -0.25) is 0 Å². The average Bonchev–Trinajstić information content (AvgIpc) is 3.68. The fourth-order valence-electron chi connectivity index (χ4n) is 4.89. The van der Waals surface area contributed by atoms with Gasteiger partial charge in [0.2, 0.25) is 0 Å². The lowest BCUT2D eigenvalue weighted by atomic mass is 9.92. The maximum atomic E-state index is 2.45. The molecule has 7 rings (SSSR count). The smallest absolute Gasteiger partial charge is 0.0379 e. The molecule has 0 saturated carbocycles. The zero-order valence-electron chi connectivity index (χ0n) is 18.2. The van der Waals surface area contributed by atoms with Crippen LogP contribution in [0.5, 0.6) is 0 Å². The van der Waals surface area contributed by atoms with Crippen LogP contribution in [0.1, 0.15) is 17.2 Å². The van der Waals surface area contributed by atoms with E-state index in [-0.39, 0.29) is 0 Å². The highest BCUT2D eigenvalue weighted by molar-refractivity contribution is 8.02. The molecule has 4 heteroatoms. The summed E-state index contributed by atoms with van der Waals surface area (Å²) < 4.78 is 0. The Morgan fingerprint density at radius 2 is 1.06 bits per heavy atom. The number of hydrogen-bond donors (Lipinski definition) is 0. The summed E-state index contributed by atoms with van der Waals surface area (Å²) in [5.41, 5.74) is 5.50. The highest BCUT2D eigenvalue weighted by atomic mass is 32.2. The van der Waals surface area contributed by atoms with E-state index in [1.165, 1.54) is 58.4 Å². The van der Waals surface area contributed by atoms with Crippen LogP contribution in [0.25, 0.3) is 52.9 Å². The van der Waals surface area contributed by atoms with Crippen LogP contribution in [0.4, 0.5) is 0 Å². The Morgan fingerprint density at radius 3 is 1.53 bits per heavy atom. The molecule has 0 spiro atoms. The molecule has 164 valence electrons. The lowest BCUT2D eigenvalue weighted by molar-refractivity contribution is 0.996. The first-order chi connectivity index (χ1) is 16.8. The van der Waals surface area contributed by atoms with E-state index < -0.39 is 0 Å². The van der Waals surface area contributed by atoms with E-state index in [0.717, 1.165) is 6.42 Å². The highest BCUT2D eigenvalue weighted by Crippen LogP contribution is 2.46. The van der Waals surface area contributed by atoms with Crippen LogP contribution in [0.15, 0.2) is 100 Å². The van der Waals surface area contributed by atoms with Crippen LogP contribution in [-0.2, 0) is 0 Å². The Kier molecular flexibility index (Phi) is 5.21. The SMILES string of the molecule is C1=CSC(c2cc3cc4cc(-c5cccs5)c(-c5cccs5)cc4cc3cc2-c2cccs2)C1. The van der Waals surface area contributed by atoms with Crippen LogP contribution in [0.2, 0.25) is 0 Å². The van der Waals surface area contributed by atoms with Gasteiger partial charge in [-0.15, -0.1) is 45.8 Å². The van der Waals surface area contributed by atoms with Gasteiger partial charge in [0.05, 0.1) is 0 Å². The van der Waals surface area contributed by atoms with Gasteiger partial charge < -0.3 is 0 Å². The van der Waals surface area contributed by atoms with Crippen molar-refractivity contribution in [3.63, 3.8) is 0 Å². The third-order valence-electron chi connectivity index (χ3n) is 6.50. The molecule has 4 heterocycles. The summed E-state index contributed by atoms with van der Waals surface area (Å²) >= 11 is 7.41. The molecule has 1 atom stereocenters. The molecule has 0 saturated heterocycles. The monoisotopic (exact) mass is 508 g/mol. The lowest BCUT2D eigenvalue weighted by Gasteiger charge is -2.17.